The molecule has 0 bridgehead atoms. The van der Waals surface area contributed by atoms with Crippen molar-refractivity contribution in [2.75, 3.05) is 13.4 Å². The number of aryl methyl sites for hydroxylation is 1. The quantitative estimate of drug-likeness (QED) is 0.504. The molecular weight excluding hydrogens is 507 g/mol. The zero-order chi connectivity index (χ0) is 21.8. The van der Waals surface area contributed by atoms with Crippen LogP contribution in [0.15, 0.2) is 43.0 Å². The molecule has 0 amide bonds. The number of halogens is 1. The van der Waals surface area contributed by atoms with Gasteiger partial charge in [0.15, 0.2) is 17.8 Å². The molecule has 0 radical (unpaired) electrons. The molecule has 31 heavy (non-hydrogen) atoms. The summed E-state index contributed by atoms with van der Waals surface area (Å²) in [6.07, 6.45) is 1.90. The minimum Gasteiger partial charge on any atom is -0.454 e. The van der Waals surface area contributed by atoms with Crippen molar-refractivity contribution in [3.8, 4) is 11.5 Å². The predicted octanol–water partition coefficient (Wildman–Crippen LogP) is 4.51. The second-order valence-corrected chi connectivity index (χ2v) is 10.0. The van der Waals surface area contributed by atoms with Crippen LogP contribution in [-0.2, 0) is 27.1 Å². The first-order valence-electron chi connectivity index (χ1n) is 10.6. The van der Waals surface area contributed by atoms with Crippen molar-refractivity contribution >= 4 is 24.8 Å². The van der Waals surface area contributed by atoms with Crippen LogP contribution in [0.25, 0.3) is 0 Å². The molecule has 1 saturated heterocycles. The second-order valence-electron chi connectivity index (χ2n) is 8.32. The lowest BCUT2D eigenvalue weighted by Crippen LogP contribution is -2.24. The maximum absolute atomic E-state index is 10.5. The Morgan fingerprint density at radius 3 is 2.77 bits per heavy atom. The molecule has 6 heteroatoms. The van der Waals surface area contributed by atoms with E-state index < -0.39 is 27.4 Å². The van der Waals surface area contributed by atoms with E-state index >= 15 is 0 Å². The molecule has 5 nitrogen and oxygen atoms in total. The van der Waals surface area contributed by atoms with Gasteiger partial charge in [0.1, 0.15) is 0 Å². The SMILES string of the molecule is C=C=IOC(C)Cc1cc(C[C@@H]2C(O)OC[C@H]2Cc2ccc3c(c2)OCO3)ccc1C. The minimum absolute atomic E-state index is 0.0517. The number of aliphatic hydroxyl groups excluding tert-OH is 1. The molecular formula is C25H29IO5. The van der Waals surface area contributed by atoms with Crippen molar-refractivity contribution in [3.05, 3.63) is 65.2 Å². The van der Waals surface area contributed by atoms with Crippen LogP contribution in [0.1, 0.15) is 29.2 Å². The van der Waals surface area contributed by atoms with Crippen LogP contribution >= 0.6 is 21.1 Å². The van der Waals surface area contributed by atoms with Crippen LogP contribution in [0.3, 0.4) is 0 Å². The summed E-state index contributed by atoms with van der Waals surface area (Å²) < 4.78 is 25.3. The van der Waals surface area contributed by atoms with E-state index in [0.29, 0.717) is 6.61 Å². The smallest absolute Gasteiger partial charge is 0.231 e. The molecule has 4 atom stereocenters. The fourth-order valence-corrected chi connectivity index (χ4v) is 5.14. The molecule has 2 aromatic rings. The Bertz CT molecular complexity index is 968. The molecule has 2 aliphatic heterocycles. The van der Waals surface area contributed by atoms with Gasteiger partial charge in [0.25, 0.3) is 0 Å². The highest BCUT2D eigenvalue weighted by atomic mass is 127. The van der Waals surface area contributed by atoms with Gasteiger partial charge in [-0.1, -0.05) is 27.9 Å². The molecule has 0 aromatic heterocycles. The van der Waals surface area contributed by atoms with E-state index in [0.717, 1.165) is 30.8 Å². The minimum atomic E-state index is -0.737. The van der Waals surface area contributed by atoms with Crippen LogP contribution in [0.5, 0.6) is 11.5 Å². The van der Waals surface area contributed by atoms with Gasteiger partial charge in [0.2, 0.25) is 6.79 Å². The predicted molar refractivity (Wildman–Crippen MR) is 129 cm³/mol. The molecule has 0 spiro atoms. The lowest BCUT2D eigenvalue weighted by molar-refractivity contribution is -0.0820. The van der Waals surface area contributed by atoms with E-state index in [1.165, 1.54) is 22.3 Å². The van der Waals surface area contributed by atoms with Gasteiger partial charge in [0.05, 0.1) is 33.9 Å². The van der Waals surface area contributed by atoms with Crippen molar-refractivity contribution < 1.29 is 22.4 Å². The van der Waals surface area contributed by atoms with Gasteiger partial charge in [-0.2, -0.15) is 0 Å². The Hall–Kier alpha value is -1.70. The fourth-order valence-electron chi connectivity index (χ4n) is 4.34. The number of hydrogen-bond acceptors (Lipinski definition) is 5. The van der Waals surface area contributed by atoms with Crippen LogP contribution in [-0.4, -0.2) is 34.6 Å². The van der Waals surface area contributed by atoms with E-state index in [1.54, 1.807) is 0 Å². The molecule has 4 rings (SSSR count). The lowest BCUT2D eigenvalue weighted by Gasteiger charge is -2.21. The van der Waals surface area contributed by atoms with Crippen LogP contribution < -0.4 is 9.47 Å². The molecule has 2 aliphatic rings. The highest BCUT2D eigenvalue weighted by Gasteiger charge is 2.36. The number of hydrogen-bond donors (Lipinski definition) is 1. The topological polar surface area (TPSA) is 57.2 Å². The third-order valence-electron chi connectivity index (χ3n) is 6.03. The normalized spacial score (nSPS) is 23.0. The van der Waals surface area contributed by atoms with E-state index in [2.05, 4.69) is 48.4 Å². The van der Waals surface area contributed by atoms with Crippen molar-refractivity contribution in [2.24, 2.45) is 11.8 Å². The van der Waals surface area contributed by atoms with Crippen LogP contribution in [0, 0.1) is 18.8 Å². The Morgan fingerprint density at radius 1 is 1.16 bits per heavy atom. The summed E-state index contributed by atoms with van der Waals surface area (Å²) in [5.74, 6) is 1.89. The Balaban J connectivity index is 1.45. The zero-order valence-electron chi connectivity index (χ0n) is 18.0. The van der Waals surface area contributed by atoms with Gasteiger partial charge < -0.3 is 22.4 Å². The van der Waals surface area contributed by atoms with Crippen molar-refractivity contribution in [3.63, 3.8) is 0 Å². The molecule has 0 aliphatic carbocycles. The summed E-state index contributed by atoms with van der Waals surface area (Å²) in [7, 11) is 0. The average Bonchev–Trinajstić information content (AvgIpc) is 3.36. The standard InChI is InChI=1S/C25H29IO5/c1-4-26-31-17(3)9-20-10-18(6-5-16(20)2)12-22-21(14-28-25(22)27)11-19-7-8-23-24(13-19)30-15-29-23/h5-8,10,13,17,21-22,25,27H,1,9,11-12,14-15H2,2-3H3/t17?,21-,22+,25?/m1/s1. The largest absolute Gasteiger partial charge is 0.454 e. The maximum atomic E-state index is 10.5. The van der Waals surface area contributed by atoms with E-state index in [-0.39, 0.29) is 24.7 Å². The highest BCUT2D eigenvalue weighted by molar-refractivity contribution is 14.2. The third kappa shape index (κ3) is 5.57. The first-order valence-corrected chi connectivity index (χ1v) is 12.6. The van der Waals surface area contributed by atoms with Gasteiger partial charge in [0, 0.05) is 5.92 Å². The van der Waals surface area contributed by atoms with Crippen molar-refractivity contribution in [2.45, 2.75) is 45.5 Å². The van der Waals surface area contributed by atoms with E-state index in [9.17, 15) is 5.11 Å². The third-order valence-corrected chi connectivity index (χ3v) is 7.46. The molecule has 2 aromatic carbocycles. The number of rotatable bonds is 8. The van der Waals surface area contributed by atoms with Gasteiger partial charge in [-0.3, -0.25) is 0 Å². The highest BCUT2D eigenvalue weighted by Crippen LogP contribution is 2.36. The first-order chi connectivity index (χ1) is 15.0. The fraction of sp³-hybridized carbons (Fsp3) is 0.440. The Kier molecular flexibility index (Phi) is 7.46. The molecule has 1 N–H and O–H groups in total. The summed E-state index contributed by atoms with van der Waals surface area (Å²) in [6, 6.07) is 12.7. The van der Waals surface area contributed by atoms with E-state index in [4.69, 9.17) is 17.3 Å². The average molecular weight is 536 g/mol. The van der Waals surface area contributed by atoms with Gasteiger partial charge in [-0.05, 0) is 80.0 Å². The van der Waals surface area contributed by atoms with Crippen LogP contribution in [0.4, 0.5) is 0 Å². The van der Waals surface area contributed by atoms with Crippen LogP contribution in [0.2, 0.25) is 0 Å². The summed E-state index contributed by atoms with van der Waals surface area (Å²) in [5, 5.41) is 10.5. The summed E-state index contributed by atoms with van der Waals surface area (Å²) in [4.78, 5) is 0. The Morgan fingerprint density at radius 2 is 1.94 bits per heavy atom. The number of ether oxygens (including phenoxy) is 3. The monoisotopic (exact) mass is 536 g/mol. The number of fused-ring (bicyclic) bond motifs is 1. The summed E-state index contributed by atoms with van der Waals surface area (Å²) in [5.41, 5.74) is 4.96. The molecule has 1 fully saturated rings. The van der Waals surface area contributed by atoms with E-state index in [1.807, 2.05) is 12.1 Å². The molecule has 2 unspecified atom stereocenters. The maximum Gasteiger partial charge on any atom is 0.231 e. The number of aliphatic hydroxyl groups is 1. The summed E-state index contributed by atoms with van der Waals surface area (Å²) in [6.45, 7) is 8.71. The molecule has 2 heterocycles. The van der Waals surface area contributed by atoms with Crippen molar-refractivity contribution in [1.82, 2.24) is 0 Å². The van der Waals surface area contributed by atoms with Crippen molar-refractivity contribution in [1.29, 1.82) is 0 Å². The van der Waals surface area contributed by atoms with Gasteiger partial charge >= 0.3 is 0 Å². The zero-order valence-corrected chi connectivity index (χ0v) is 20.1. The first kappa shape index (κ1) is 22.5. The molecule has 166 valence electrons. The number of benzene rings is 2. The van der Waals surface area contributed by atoms with Gasteiger partial charge in [-0.25, -0.2) is 0 Å². The second kappa shape index (κ2) is 10.3. The van der Waals surface area contributed by atoms with Gasteiger partial charge in [-0.15, -0.1) is 0 Å². The Labute approximate surface area is 194 Å². The summed E-state index contributed by atoms with van der Waals surface area (Å²) >= 11 is -0.507. The molecule has 0 saturated carbocycles. The lowest BCUT2D eigenvalue weighted by atomic mass is 9.84.